The van der Waals surface area contributed by atoms with Gasteiger partial charge in [-0.15, -0.1) is 0 Å². The van der Waals surface area contributed by atoms with Crippen molar-refractivity contribution in [2.24, 2.45) is 0 Å². The van der Waals surface area contributed by atoms with E-state index in [0.717, 1.165) is 23.0 Å². The Hall–Kier alpha value is -2.34. The van der Waals surface area contributed by atoms with Crippen LogP contribution in [0.15, 0.2) is 47.6 Å². The zero-order valence-corrected chi connectivity index (χ0v) is 10.6. The fourth-order valence-electron chi connectivity index (χ4n) is 1.74. The Morgan fingerprint density at radius 3 is 2.68 bits per heavy atom. The maximum atomic E-state index is 11.5. The third-order valence-corrected chi connectivity index (χ3v) is 3.45. The van der Waals surface area contributed by atoms with Crippen molar-refractivity contribution in [1.29, 1.82) is 5.41 Å². The molecule has 1 aliphatic rings. The lowest BCUT2D eigenvalue weighted by atomic mass is 10.2. The van der Waals surface area contributed by atoms with Gasteiger partial charge in [-0.2, -0.15) is 5.10 Å². The van der Waals surface area contributed by atoms with Crippen LogP contribution >= 0.6 is 11.8 Å². The van der Waals surface area contributed by atoms with Gasteiger partial charge in [0.05, 0.1) is 10.6 Å². The van der Waals surface area contributed by atoms with Crippen molar-refractivity contribution >= 4 is 28.9 Å². The van der Waals surface area contributed by atoms with Gasteiger partial charge in [-0.25, -0.2) is 4.68 Å². The molecule has 0 aliphatic carbocycles. The Morgan fingerprint density at radius 1 is 1.32 bits per heavy atom. The highest BCUT2D eigenvalue weighted by molar-refractivity contribution is 8.18. The van der Waals surface area contributed by atoms with Crippen molar-refractivity contribution in [2.45, 2.75) is 0 Å². The molecule has 3 rings (SSSR count). The maximum Gasteiger partial charge on any atom is 0.264 e. The molecule has 1 amide bonds. The van der Waals surface area contributed by atoms with Crippen LogP contribution in [-0.2, 0) is 4.79 Å². The molecule has 0 bridgehead atoms. The lowest BCUT2D eigenvalue weighted by molar-refractivity contribution is -0.115. The van der Waals surface area contributed by atoms with Crippen LogP contribution in [-0.4, -0.2) is 20.9 Å². The molecule has 5 nitrogen and oxygen atoms in total. The van der Waals surface area contributed by atoms with Gasteiger partial charge in [0.1, 0.15) is 0 Å². The van der Waals surface area contributed by atoms with Gasteiger partial charge in [0.2, 0.25) is 0 Å². The van der Waals surface area contributed by atoms with Crippen LogP contribution in [0, 0.1) is 5.41 Å². The molecular formula is C13H10N4OS. The number of carbonyl (C=O) groups excluding carboxylic acids is 1. The van der Waals surface area contributed by atoms with Gasteiger partial charge >= 0.3 is 0 Å². The van der Waals surface area contributed by atoms with Crippen LogP contribution in [0.2, 0.25) is 0 Å². The molecule has 2 heterocycles. The van der Waals surface area contributed by atoms with E-state index in [1.54, 1.807) is 17.0 Å². The quantitative estimate of drug-likeness (QED) is 0.820. The highest BCUT2D eigenvalue weighted by Gasteiger charge is 2.21. The van der Waals surface area contributed by atoms with E-state index in [9.17, 15) is 4.79 Å². The Morgan fingerprint density at radius 2 is 2.11 bits per heavy atom. The molecule has 2 aromatic rings. The number of thioether (sulfide) groups is 1. The third kappa shape index (κ3) is 2.43. The number of amidine groups is 1. The topological polar surface area (TPSA) is 70.8 Å². The van der Waals surface area contributed by atoms with Gasteiger partial charge < -0.3 is 5.32 Å². The standard InChI is InChI=1S/C13H10N4OS/c14-13-16-12(18)11(19-13)8-9-2-4-10(5-3-9)17-7-1-6-15-17/h1-8H,(H2,14,16,18). The zero-order chi connectivity index (χ0) is 13.2. The molecule has 0 saturated carbocycles. The smallest absolute Gasteiger partial charge is 0.264 e. The summed E-state index contributed by atoms with van der Waals surface area (Å²) in [5.41, 5.74) is 1.88. The molecule has 1 aromatic carbocycles. The average molecular weight is 270 g/mol. The maximum absolute atomic E-state index is 11.5. The highest BCUT2D eigenvalue weighted by atomic mass is 32.2. The van der Waals surface area contributed by atoms with Gasteiger partial charge in [-0.05, 0) is 41.6 Å². The monoisotopic (exact) mass is 270 g/mol. The van der Waals surface area contributed by atoms with E-state index in [0.29, 0.717) is 4.91 Å². The second-order valence-electron chi connectivity index (χ2n) is 3.94. The summed E-state index contributed by atoms with van der Waals surface area (Å²) in [5.74, 6) is -0.217. The molecular weight excluding hydrogens is 260 g/mol. The minimum absolute atomic E-state index is 0.171. The summed E-state index contributed by atoms with van der Waals surface area (Å²) in [7, 11) is 0. The van der Waals surface area contributed by atoms with Crippen LogP contribution < -0.4 is 5.32 Å². The lowest BCUT2D eigenvalue weighted by Crippen LogP contribution is -2.18. The minimum atomic E-state index is -0.217. The van der Waals surface area contributed by atoms with Crippen LogP contribution in [0.25, 0.3) is 11.8 Å². The van der Waals surface area contributed by atoms with Gasteiger partial charge in [-0.1, -0.05) is 12.1 Å². The fourth-order valence-corrected chi connectivity index (χ4v) is 2.44. The zero-order valence-electron chi connectivity index (χ0n) is 9.83. The van der Waals surface area contributed by atoms with Crippen LogP contribution in [0.5, 0.6) is 0 Å². The summed E-state index contributed by atoms with van der Waals surface area (Å²) in [6.07, 6.45) is 5.37. The number of aromatic nitrogens is 2. The second kappa shape index (κ2) is 4.74. The fraction of sp³-hybridized carbons (Fsp3) is 0. The molecule has 19 heavy (non-hydrogen) atoms. The molecule has 94 valence electrons. The summed E-state index contributed by atoms with van der Waals surface area (Å²) >= 11 is 1.14. The molecule has 0 spiro atoms. The second-order valence-corrected chi connectivity index (χ2v) is 4.99. The van der Waals surface area contributed by atoms with Gasteiger partial charge in [0.25, 0.3) is 5.91 Å². The number of rotatable bonds is 2. The summed E-state index contributed by atoms with van der Waals surface area (Å²) in [6, 6.07) is 9.56. The minimum Gasteiger partial charge on any atom is -0.301 e. The van der Waals surface area contributed by atoms with Crippen LogP contribution in [0.3, 0.4) is 0 Å². The lowest BCUT2D eigenvalue weighted by Gasteiger charge is -2.01. The van der Waals surface area contributed by atoms with Crippen molar-refractivity contribution < 1.29 is 4.79 Å². The molecule has 0 unspecified atom stereocenters. The molecule has 0 atom stereocenters. The van der Waals surface area contributed by atoms with Crippen molar-refractivity contribution in [2.75, 3.05) is 0 Å². The van der Waals surface area contributed by atoms with Crippen LogP contribution in [0.1, 0.15) is 5.56 Å². The van der Waals surface area contributed by atoms with E-state index in [4.69, 9.17) is 5.41 Å². The first-order chi connectivity index (χ1) is 9.22. The predicted octanol–water partition coefficient (Wildman–Crippen LogP) is 2.01. The molecule has 1 aromatic heterocycles. The number of carbonyl (C=O) groups is 1. The molecule has 2 N–H and O–H groups in total. The molecule has 6 heteroatoms. The number of nitrogens with one attached hydrogen (secondary N) is 2. The average Bonchev–Trinajstić information content (AvgIpc) is 3.01. The van der Waals surface area contributed by atoms with Crippen molar-refractivity contribution in [3.8, 4) is 5.69 Å². The first kappa shape index (κ1) is 11.7. The molecule has 1 aliphatic heterocycles. The summed E-state index contributed by atoms with van der Waals surface area (Å²) in [5, 5.41) is 14.1. The normalized spacial score (nSPS) is 16.9. The number of hydrogen-bond donors (Lipinski definition) is 2. The van der Waals surface area contributed by atoms with E-state index in [2.05, 4.69) is 10.4 Å². The van der Waals surface area contributed by atoms with Crippen molar-refractivity contribution in [3.05, 3.63) is 53.2 Å². The molecule has 1 saturated heterocycles. The summed E-state index contributed by atoms with van der Waals surface area (Å²) in [6.45, 7) is 0. The van der Waals surface area contributed by atoms with Gasteiger partial charge in [0.15, 0.2) is 5.17 Å². The van der Waals surface area contributed by atoms with Crippen LogP contribution in [0.4, 0.5) is 0 Å². The van der Waals surface area contributed by atoms with E-state index in [-0.39, 0.29) is 11.1 Å². The Bertz CT molecular complexity index is 658. The van der Waals surface area contributed by atoms with Gasteiger partial charge in [-0.3, -0.25) is 10.2 Å². The number of amides is 1. The number of hydrogen-bond acceptors (Lipinski definition) is 4. The highest BCUT2D eigenvalue weighted by Crippen LogP contribution is 2.25. The van der Waals surface area contributed by atoms with E-state index in [1.807, 2.05) is 36.5 Å². The summed E-state index contributed by atoms with van der Waals surface area (Å²) in [4.78, 5) is 12.0. The van der Waals surface area contributed by atoms with Crippen molar-refractivity contribution in [3.63, 3.8) is 0 Å². The summed E-state index contributed by atoms with van der Waals surface area (Å²) < 4.78 is 1.77. The van der Waals surface area contributed by atoms with Crippen molar-refractivity contribution in [1.82, 2.24) is 15.1 Å². The van der Waals surface area contributed by atoms with E-state index < -0.39 is 0 Å². The Kier molecular flexibility index (Phi) is 2.92. The first-order valence-electron chi connectivity index (χ1n) is 5.62. The Labute approximate surface area is 113 Å². The van der Waals surface area contributed by atoms with E-state index in [1.165, 1.54) is 0 Å². The molecule has 0 radical (unpaired) electrons. The number of nitrogens with zero attached hydrogens (tertiary/aromatic N) is 2. The third-order valence-electron chi connectivity index (χ3n) is 2.62. The van der Waals surface area contributed by atoms with Gasteiger partial charge in [0, 0.05) is 12.4 Å². The largest absolute Gasteiger partial charge is 0.301 e. The predicted molar refractivity (Wildman–Crippen MR) is 75.0 cm³/mol. The molecule has 1 fully saturated rings. The Balaban J connectivity index is 1.86. The SMILES string of the molecule is N=C1NC(=O)C(=Cc2ccc(-n3cccn3)cc2)S1. The van der Waals surface area contributed by atoms with E-state index >= 15 is 0 Å². The number of benzene rings is 1. The first-order valence-corrected chi connectivity index (χ1v) is 6.43.